The van der Waals surface area contributed by atoms with Crippen molar-refractivity contribution in [1.29, 1.82) is 0 Å². The fourth-order valence-corrected chi connectivity index (χ4v) is 2.76. The summed E-state index contributed by atoms with van der Waals surface area (Å²) in [6, 6.07) is 13.3. The van der Waals surface area contributed by atoms with E-state index in [0.29, 0.717) is 23.1 Å². The normalized spacial score (nSPS) is 11.3. The number of hydrogen-bond acceptors (Lipinski definition) is 4. The second-order valence-electron chi connectivity index (χ2n) is 6.29. The fraction of sp³-hybridized carbons (Fsp3) is 0.286. The largest absolute Gasteiger partial charge is 0.494 e. The number of anilines is 1. The van der Waals surface area contributed by atoms with Crippen molar-refractivity contribution in [2.24, 2.45) is 0 Å². The molecule has 2 aromatic carbocycles. The van der Waals surface area contributed by atoms with E-state index in [9.17, 15) is 14.4 Å². The molecule has 3 N–H and O–H groups in total. The van der Waals surface area contributed by atoms with Gasteiger partial charge in [-0.2, -0.15) is 0 Å². The molecule has 8 heteroatoms. The van der Waals surface area contributed by atoms with Crippen molar-refractivity contribution in [2.45, 2.75) is 26.3 Å². The van der Waals surface area contributed by atoms with Crippen molar-refractivity contribution in [3.63, 3.8) is 0 Å². The summed E-state index contributed by atoms with van der Waals surface area (Å²) in [4.78, 5) is 35.8. The van der Waals surface area contributed by atoms with Crippen LogP contribution in [0.25, 0.3) is 0 Å². The van der Waals surface area contributed by atoms with Crippen molar-refractivity contribution >= 4 is 35.0 Å². The Kier molecular flexibility index (Phi) is 8.48. The van der Waals surface area contributed by atoms with Gasteiger partial charge in [0.2, 0.25) is 17.7 Å². The standard InChI is InChI=1S/C21H24ClN3O4/c1-3-29-18-10-8-17(9-11-18)25-21(28)13-23-20(27)12-19(24-14(2)26)15-4-6-16(22)7-5-15/h4-11,19H,3,12-13H2,1-2H3,(H,23,27)(H,24,26)(H,25,28). The number of nitrogens with one attached hydrogen (secondary N) is 3. The van der Waals surface area contributed by atoms with Gasteiger partial charge in [0.1, 0.15) is 5.75 Å². The van der Waals surface area contributed by atoms with E-state index in [2.05, 4.69) is 16.0 Å². The predicted molar refractivity (Wildman–Crippen MR) is 112 cm³/mol. The number of carbonyl (C=O) groups is 3. The van der Waals surface area contributed by atoms with E-state index >= 15 is 0 Å². The van der Waals surface area contributed by atoms with E-state index in [1.54, 1.807) is 48.5 Å². The highest BCUT2D eigenvalue weighted by molar-refractivity contribution is 6.30. The summed E-state index contributed by atoms with van der Waals surface area (Å²) < 4.78 is 5.35. The van der Waals surface area contributed by atoms with Crippen molar-refractivity contribution in [3.8, 4) is 5.75 Å². The zero-order chi connectivity index (χ0) is 21.2. The smallest absolute Gasteiger partial charge is 0.243 e. The van der Waals surface area contributed by atoms with Crippen molar-refractivity contribution < 1.29 is 19.1 Å². The van der Waals surface area contributed by atoms with E-state index < -0.39 is 6.04 Å². The van der Waals surface area contributed by atoms with Crippen LogP contribution >= 0.6 is 11.6 Å². The molecular weight excluding hydrogens is 394 g/mol. The molecule has 0 bridgehead atoms. The minimum Gasteiger partial charge on any atom is -0.494 e. The molecule has 0 spiro atoms. The molecule has 0 heterocycles. The minimum absolute atomic E-state index is 0.00243. The Morgan fingerprint density at radius 1 is 1.00 bits per heavy atom. The number of benzene rings is 2. The molecule has 7 nitrogen and oxygen atoms in total. The number of ether oxygens (including phenoxy) is 1. The van der Waals surface area contributed by atoms with Gasteiger partial charge in [0.25, 0.3) is 0 Å². The lowest BCUT2D eigenvalue weighted by molar-refractivity contribution is -0.125. The summed E-state index contributed by atoms with van der Waals surface area (Å²) in [6.07, 6.45) is -0.00243. The van der Waals surface area contributed by atoms with Crippen LogP contribution in [0.4, 0.5) is 5.69 Å². The van der Waals surface area contributed by atoms with Gasteiger partial charge in [0, 0.05) is 17.6 Å². The van der Waals surface area contributed by atoms with E-state index in [1.165, 1.54) is 6.92 Å². The molecule has 0 saturated carbocycles. The van der Waals surface area contributed by atoms with Crippen LogP contribution < -0.4 is 20.7 Å². The van der Waals surface area contributed by atoms with Gasteiger partial charge in [-0.15, -0.1) is 0 Å². The first-order chi connectivity index (χ1) is 13.9. The SMILES string of the molecule is CCOc1ccc(NC(=O)CNC(=O)CC(NC(C)=O)c2ccc(Cl)cc2)cc1. The predicted octanol–water partition coefficient (Wildman–Crippen LogP) is 3.06. The molecule has 1 atom stereocenters. The molecule has 0 radical (unpaired) electrons. The Balaban J connectivity index is 1.86. The fourth-order valence-electron chi connectivity index (χ4n) is 2.64. The van der Waals surface area contributed by atoms with Crippen molar-refractivity contribution in [2.75, 3.05) is 18.5 Å². The lowest BCUT2D eigenvalue weighted by Gasteiger charge is -2.18. The van der Waals surface area contributed by atoms with E-state index in [0.717, 1.165) is 5.56 Å². The Morgan fingerprint density at radius 2 is 1.66 bits per heavy atom. The van der Waals surface area contributed by atoms with E-state index in [-0.39, 0.29) is 30.7 Å². The van der Waals surface area contributed by atoms with Crippen molar-refractivity contribution in [3.05, 3.63) is 59.1 Å². The van der Waals surface area contributed by atoms with Crippen LogP contribution in [0.3, 0.4) is 0 Å². The molecule has 3 amide bonds. The Labute approximate surface area is 174 Å². The van der Waals surface area contributed by atoms with Crippen LogP contribution in [-0.4, -0.2) is 30.9 Å². The highest BCUT2D eigenvalue weighted by Crippen LogP contribution is 2.19. The Hall–Kier alpha value is -3.06. The van der Waals surface area contributed by atoms with Gasteiger partial charge >= 0.3 is 0 Å². The monoisotopic (exact) mass is 417 g/mol. The summed E-state index contributed by atoms with van der Waals surface area (Å²) >= 11 is 5.89. The highest BCUT2D eigenvalue weighted by atomic mass is 35.5. The quantitative estimate of drug-likeness (QED) is 0.584. The van der Waals surface area contributed by atoms with Crippen LogP contribution in [0, 0.1) is 0 Å². The number of halogens is 1. The van der Waals surface area contributed by atoms with Crippen LogP contribution in [0.5, 0.6) is 5.75 Å². The Morgan fingerprint density at radius 3 is 2.24 bits per heavy atom. The van der Waals surface area contributed by atoms with Crippen LogP contribution in [0.1, 0.15) is 31.9 Å². The Bertz CT molecular complexity index is 838. The van der Waals surface area contributed by atoms with Gasteiger partial charge < -0.3 is 20.7 Å². The molecule has 154 valence electrons. The zero-order valence-electron chi connectivity index (χ0n) is 16.3. The maximum absolute atomic E-state index is 12.3. The lowest BCUT2D eigenvalue weighted by Crippen LogP contribution is -2.36. The summed E-state index contributed by atoms with van der Waals surface area (Å²) in [7, 11) is 0. The second-order valence-corrected chi connectivity index (χ2v) is 6.73. The van der Waals surface area contributed by atoms with Crippen molar-refractivity contribution in [1.82, 2.24) is 10.6 Å². The zero-order valence-corrected chi connectivity index (χ0v) is 17.1. The molecule has 29 heavy (non-hydrogen) atoms. The highest BCUT2D eigenvalue weighted by Gasteiger charge is 2.17. The molecule has 1 unspecified atom stereocenters. The second kappa shape index (κ2) is 11.1. The average molecular weight is 418 g/mol. The van der Waals surface area contributed by atoms with E-state index in [1.807, 2.05) is 6.92 Å². The average Bonchev–Trinajstić information content (AvgIpc) is 2.68. The maximum atomic E-state index is 12.3. The van der Waals surface area contributed by atoms with Crippen LogP contribution in [0.2, 0.25) is 5.02 Å². The molecule has 0 saturated heterocycles. The number of amides is 3. The molecular formula is C21H24ClN3O4. The number of rotatable bonds is 9. The van der Waals surface area contributed by atoms with Crippen LogP contribution in [0.15, 0.2) is 48.5 Å². The topological polar surface area (TPSA) is 96.5 Å². The summed E-state index contributed by atoms with van der Waals surface area (Å²) in [6.45, 7) is 3.65. The third-order valence-electron chi connectivity index (χ3n) is 3.93. The first-order valence-corrected chi connectivity index (χ1v) is 9.57. The third kappa shape index (κ3) is 7.83. The third-order valence-corrected chi connectivity index (χ3v) is 4.19. The molecule has 2 aromatic rings. The molecule has 0 aromatic heterocycles. The van der Waals surface area contributed by atoms with Gasteiger partial charge in [-0.3, -0.25) is 14.4 Å². The first-order valence-electron chi connectivity index (χ1n) is 9.19. The summed E-state index contributed by atoms with van der Waals surface area (Å²) in [5, 5.41) is 8.56. The molecule has 0 aliphatic rings. The molecule has 2 rings (SSSR count). The van der Waals surface area contributed by atoms with Gasteiger partial charge in [-0.1, -0.05) is 23.7 Å². The summed E-state index contributed by atoms with van der Waals surface area (Å²) in [5.74, 6) is -0.262. The van der Waals surface area contributed by atoms with Gasteiger partial charge in [0.05, 0.1) is 25.6 Å². The number of hydrogen-bond donors (Lipinski definition) is 3. The number of carbonyl (C=O) groups excluding carboxylic acids is 3. The maximum Gasteiger partial charge on any atom is 0.243 e. The lowest BCUT2D eigenvalue weighted by atomic mass is 10.0. The van der Waals surface area contributed by atoms with E-state index in [4.69, 9.17) is 16.3 Å². The van der Waals surface area contributed by atoms with Gasteiger partial charge in [-0.05, 0) is 48.9 Å². The van der Waals surface area contributed by atoms with Gasteiger partial charge in [0.15, 0.2) is 0 Å². The summed E-state index contributed by atoms with van der Waals surface area (Å²) in [5.41, 5.74) is 1.35. The molecule has 0 fully saturated rings. The van der Waals surface area contributed by atoms with Gasteiger partial charge in [-0.25, -0.2) is 0 Å². The first kappa shape index (κ1) is 22.2. The minimum atomic E-state index is -0.515. The van der Waals surface area contributed by atoms with Crippen LogP contribution in [-0.2, 0) is 14.4 Å². The molecule has 0 aliphatic heterocycles. The molecule has 0 aliphatic carbocycles.